The van der Waals surface area contributed by atoms with Gasteiger partial charge in [0.05, 0.1) is 0 Å². The van der Waals surface area contributed by atoms with E-state index in [1.165, 1.54) is 5.56 Å². The van der Waals surface area contributed by atoms with E-state index in [9.17, 15) is 0 Å². The lowest BCUT2D eigenvalue weighted by Crippen LogP contribution is -2.35. The summed E-state index contributed by atoms with van der Waals surface area (Å²) in [4.78, 5) is 0. The number of amidine groups is 1. The van der Waals surface area contributed by atoms with Crippen molar-refractivity contribution in [2.75, 3.05) is 0 Å². The van der Waals surface area contributed by atoms with Crippen LogP contribution in [0.1, 0.15) is 37.3 Å². The van der Waals surface area contributed by atoms with Gasteiger partial charge in [0.25, 0.3) is 0 Å². The number of nitrogens with one attached hydrogen (secondary N) is 1. The van der Waals surface area contributed by atoms with Crippen molar-refractivity contribution in [1.82, 2.24) is 5.32 Å². The molecule has 0 saturated heterocycles. The number of oxime groups is 1. The fourth-order valence-corrected chi connectivity index (χ4v) is 2.44. The van der Waals surface area contributed by atoms with Crippen LogP contribution in [0.3, 0.4) is 0 Å². The molecule has 19 heavy (non-hydrogen) atoms. The summed E-state index contributed by atoms with van der Waals surface area (Å²) < 4.78 is 0. The molecule has 0 radical (unpaired) electrons. The maximum atomic E-state index is 8.76. The molecule has 1 aromatic rings. The summed E-state index contributed by atoms with van der Waals surface area (Å²) in [5.74, 6) is 0.257. The zero-order chi connectivity index (χ0) is 13.5. The first-order chi connectivity index (χ1) is 9.29. The number of hydrogen-bond acceptors (Lipinski definition) is 3. The van der Waals surface area contributed by atoms with Crippen LogP contribution in [0, 0.1) is 0 Å². The van der Waals surface area contributed by atoms with Gasteiger partial charge in [-0.15, -0.1) is 0 Å². The molecule has 0 heterocycles. The number of benzene rings is 1. The summed E-state index contributed by atoms with van der Waals surface area (Å²) in [6.07, 6.45) is 8.24. The standard InChI is InChI=1S/C15H21N3O/c16-15(18-19)11-14(12-7-3-1-4-8-12)17-13-9-5-2-6-10-13/h1-5,7-8,13-14,17,19H,6,9-11H2,(H2,16,18). The molecule has 0 amide bonds. The highest BCUT2D eigenvalue weighted by Gasteiger charge is 2.18. The van der Waals surface area contributed by atoms with E-state index in [-0.39, 0.29) is 11.9 Å². The third-order valence-corrected chi connectivity index (χ3v) is 3.45. The van der Waals surface area contributed by atoms with E-state index in [0.29, 0.717) is 12.5 Å². The van der Waals surface area contributed by atoms with Crippen LogP contribution in [-0.4, -0.2) is 17.1 Å². The number of rotatable bonds is 5. The lowest BCUT2D eigenvalue weighted by atomic mass is 9.97. The SMILES string of the molecule is NC(CC(NC1CC=CCC1)c1ccccc1)=NO. The van der Waals surface area contributed by atoms with Crippen molar-refractivity contribution in [3.8, 4) is 0 Å². The molecule has 0 aliphatic heterocycles. The smallest absolute Gasteiger partial charge is 0.141 e. The Morgan fingerprint density at radius 3 is 2.79 bits per heavy atom. The summed E-state index contributed by atoms with van der Waals surface area (Å²) in [5, 5.41) is 15.5. The molecule has 4 nitrogen and oxygen atoms in total. The largest absolute Gasteiger partial charge is 0.409 e. The van der Waals surface area contributed by atoms with Gasteiger partial charge in [-0.3, -0.25) is 0 Å². The van der Waals surface area contributed by atoms with Gasteiger partial charge >= 0.3 is 0 Å². The van der Waals surface area contributed by atoms with Gasteiger partial charge in [0.1, 0.15) is 5.84 Å². The molecule has 0 saturated carbocycles. The predicted octanol–water partition coefficient (Wildman–Crippen LogP) is 2.56. The van der Waals surface area contributed by atoms with E-state index < -0.39 is 0 Å². The van der Waals surface area contributed by atoms with Gasteiger partial charge in [-0.2, -0.15) is 0 Å². The zero-order valence-corrected chi connectivity index (χ0v) is 11.0. The average molecular weight is 259 g/mol. The topological polar surface area (TPSA) is 70.6 Å². The van der Waals surface area contributed by atoms with Crippen LogP contribution in [0.4, 0.5) is 0 Å². The van der Waals surface area contributed by atoms with Crippen molar-refractivity contribution in [3.63, 3.8) is 0 Å². The Morgan fingerprint density at radius 1 is 1.37 bits per heavy atom. The summed E-state index contributed by atoms with van der Waals surface area (Å²) in [6, 6.07) is 10.7. The van der Waals surface area contributed by atoms with Gasteiger partial charge in [0.2, 0.25) is 0 Å². The van der Waals surface area contributed by atoms with Gasteiger partial charge in [-0.1, -0.05) is 47.6 Å². The first-order valence-corrected chi connectivity index (χ1v) is 6.72. The molecule has 4 N–H and O–H groups in total. The van der Waals surface area contributed by atoms with Gasteiger partial charge in [-0.25, -0.2) is 0 Å². The van der Waals surface area contributed by atoms with Gasteiger partial charge in [0, 0.05) is 18.5 Å². The van der Waals surface area contributed by atoms with Gasteiger partial charge in [0.15, 0.2) is 0 Å². The summed E-state index contributed by atoms with van der Waals surface area (Å²) >= 11 is 0. The molecular formula is C15H21N3O. The third kappa shape index (κ3) is 4.10. The van der Waals surface area contributed by atoms with Gasteiger partial charge < -0.3 is 16.3 Å². The van der Waals surface area contributed by atoms with E-state index in [0.717, 1.165) is 19.3 Å². The van der Waals surface area contributed by atoms with Crippen molar-refractivity contribution in [2.45, 2.75) is 37.8 Å². The Morgan fingerprint density at radius 2 is 2.16 bits per heavy atom. The molecule has 0 fully saturated rings. The quantitative estimate of drug-likeness (QED) is 0.250. The number of allylic oxidation sites excluding steroid dienone is 1. The van der Waals surface area contributed by atoms with Crippen molar-refractivity contribution >= 4 is 5.84 Å². The molecule has 2 atom stereocenters. The lowest BCUT2D eigenvalue weighted by molar-refractivity contribution is 0.314. The minimum absolute atomic E-state index is 0.0913. The monoisotopic (exact) mass is 259 g/mol. The predicted molar refractivity (Wildman–Crippen MR) is 77.1 cm³/mol. The molecule has 0 aromatic heterocycles. The maximum Gasteiger partial charge on any atom is 0.141 e. The lowest BCUT2D eigenvalue weighted by Gasteiger charge is -2.26. The van der Waals surface area contributed by atoms with E-state index in [1.54, 1.807) is 0 Å². The Kier molecular flexibility index (Phi) is 4.98. The third-order valence-electron chi connectivity index (χ3n) is 3.45. The molecule has 1 aromatic carbocycles. The molecule has 4 heteroatoms. The fraction of sp³-hybridized carbons (Fsp3) is 0.400. The number of hydrogen-bond donors (Lipinski definition) is 3. The molecule has 0 bridgehead atoms. The normalized spacial score (nSPS) is 21.3. The van der Waals surface area contributed by atoms with E-state index in [4.69, 9.17) is 10.9 Å². The summed E-state index contributed by atoms with van der Waals surface area (Å²) in [6.45, 7) is 0. The molecule has 1 aliphatic carbocycles. The minimum atomic E-state index is 0.0913. The first-order valence-electron chi connectivity index (χ1n) is 6.72. The first kappa shape index (κ1) is 13.6. The Balaban J connectivity index is 2.07. The molecule has 102 valence electrons. The van der Waals surface area contributed by atoms with Crippen molar-refractivity contribution in [2.24, 2.45) is 10.9 Å². The highest BCUT2D eigenvalue weighted by Crippen LogP contribution is 2.21. The highest BCUT2D eigenvalue weighted by molar-refractivity contribution is 5.80. The summed E-state index contributed by atoms with van der Waals surface area (Å²) in [7, 11) is 0. The molecule has 1 aliphatic rings. The van der Waals surface area contributed by atoms with Crippen LogP contribution in [0.5, 0.6) is 0 Å². The zero-order valence-electron chi connectivity index (χ0n) is 11.0. The Bertz CT molecular complexity index is 442. The molecular weight excluding hydrogens is 238 g/mol. The summed E-state index contributed by atoms with van der Waals surface area (Å²) in [5.41, 5.74) is 6.83. The molecule has 2 unspecified atom stereocenters. The molecule has 0 spiro atoms. The van der Waals surface area contributed by atoms with E-state index >= 15 is 0 Å². The second-order valence-corrected chi connectivity index (χ2v) is 4.91. The Hall–Kier alpha value is -1.81. The Labute approximate surface area is 114 Å². The van der Waals surface area contributed by atoms with Crippen molar-refractivity contribution in [1.29, 1.82) is 0 Å². The van der Waals surface area contributed by atoms with Crippen LogP contribution in [-0.2, 0) is 0 Å². The molecule has 2 rings (SSSR count). The van der Waals surface area contributed by atoms with Crippen LogP contribution >= 0.6 is 0 Å². The number of nitrogens with zero attached hydrogens (tertiary/aromatic N) is 1. The van der Waals surface area contributed by atoms with Crippen LogP contribution in [0.25, 0.3) is 0 Å². The van der Waals surface area contributed by atoms with Gasteiger partial charge in [-0.05, 0) is 24.8 Å². The van der Waals surface area contributed by atoms with E-state index in [2.05, 4.69) is 34.8 Å². The minimum Gasteiger partial charge on any atom is -0.409 e. The fourth-order valence-electron chi connectivity index (χ4n) is 2.44. The van der Waals surface area contributed by atoms with Crippen LogP contribution < -0.4 is 11.1 Å². The van der Waals surface area contributed by atoms with Crippen LogP contribution in [0.2, 0.25) is 0 Å². The second kappa shape index (κ2) is 6.95. The van der Waals surface area contributed by atoms with Crippen molar-refractivity contribution in [3.05, 3.63) is 48.0 Å². The number of nitrogens with two attached hydrogens (primary N) is 1. The highest BCUT2D eigenvalue weighted by atomic mass is 16.4. The van der Waals surface area contributed by atoms with Crippen LogP contribution in [0.15, 0.2) is 47.6 Å². The average Bonchev–Trinajstić information content (AvgIpc) is 2.48. The van der Waals surface area contributed by atoms with Crippen molar-refractivity contribution < 1.29 is 5.21 Å². The maximum absolute atomic E-state index is 8.76. The second-order valence-electron chi connectivity index (χ2n) is 4.91. The van der Waals surface area contributed by atoms with E-state index in [1.807, 2.05) is 18.2 Å².